The summed E-state index contributed by atoms with van der Waals surface area (Å²) in [6.45, 7) is 7.06. The summed E-state index contributed by atoms with van der Waals surface area (Å²) in [6, 6.07) is 17.9. The van der Waals surface area contributed by atoms with Crippen molar-refractivity contribution in [2.45, 2.75) is 25.7 Å². The van der Waals surface area contributed by atoms with E-state index in [0.29, 0.717) is 25.7 Å². The smallest absolute Gasteiger partial charge is 0.487 e. The van der Waals surface area contributed by atoms with Crippen LogP contribution in [-0.4, -0.2) is 62.6 Å². The van der Waals surface area contributed by atoms with E-state index in [9.17, 15) is 28.8 Å². The fraction of sp³-hybridized carbons (Fsp3) is 0.222. The molecular formula is C36H33MoO14-. The minimum absolute atomic E-state index is 0. The van der Waals surface area contributed by atoms with Crippen LogP contribution in [0.1, 0.15) is 46.4 Å². The Hall–Kier alpha value is -5.75. The first-order valence-corrected chi connectivity index (χ1v) is 15.1. The SMILES string of the molecule is C=CC(=O)OCCCCOC(=O)Oc1ccc(C(=O)Oc2[c-]cc(OC(=O)c3ccc(OC(=O)OCCCCOC(=O)C=C)cc3)cc2)cc1.[Mo]. The first kappa shape index (κ1) is 41.4. The second kappa shape index (κ2) is 22.8. The Labute approximate surface area is 307 Å². The van der Waals surface area contributed by atoms with E-state index in [4.69, 9.17) is 37.9 Å². The Morgan fingerprint density at radius 3 is 1.29 bits per heavy atom. The van der Waals surface area contributed by atoms with Crippen LogP contribution in [0.2, 0.25) is 0 Å². The first-order chi connectivity index (χ1) is 24.2. The molecule has 0 aliphatic heterocycles. The van der Waals surface area contributed by atoms with Gasteiger partial charge < -0.3 is 37.9 Å². The van der Waals surface area contributed by atoms with E-state index < -0.39 is 36.2 Å². The van der Waals surface area contributed by atoms with E-state index in [2.05, 4.69) is 19.2 Å². The fourth-order valence-corrected chi connectivity index (χ4v) is 3.60. The molecule has 14 nitrogen and oxygen atoms in total. The van der Waals surface area contributed by atoms with Crippen molar-refractivity contribution >= 4 is 36.2 Å². The van der Waals surface area contributed by atoms with Crippen molar-refractivity contribution in [3.8, 4) is 23.0 Å². The third-order valence-corrected chi connectivity index (χ3v) is 6.09. The zero-order chi connectivity index (χ0) is 36.1. The molecule has 0 aliphatic rings. The summed E-state index contributed by atoms with van der Waals surface area (Å²) in [7, 11) is 0. The van der Waals surface area contributed by atoms with Gasteiger partial charge in [-0.3, -0.25) is 0 Å². The Morgan fingerprint density at radius 2 is 0.902 bits per heavy atom. The molecule has 15 heteroatoms. The third kappa shape index (κ3) is 16.0. The number of benzene rings is 3. The summed E-state index contributed by atoms with van der Waals surface area (Å²) < 4.78 is 40.3. The molecule has 51 heavy (non-hydrogen) atoms. The summed E-state index contributed by atoms with van der Waals surface area (Å²) in [5.41, 5.74) is 0.327. The average molecular weight is 786 g/mol. The van der Waals surface area contributed by atoms with Crippen molar-refractivity contribution in [2.75, 3.05) is 26.4 Å². The van der Waals surface area contributed by atoms with Crippen LogP contribution < -0.4 is 18.9 Å². The average Bonchev–Trinajstić information content (AvgIpc) is 3.12. The van der Waals surface area contributed by atoms with Crippen LogP contribution in [0.15, 0.2) is 92.0 Å². The maximum Gasteiger partial charge on any atom is 0.513 e. The van der Waals surface area contributed by atoms with Gasteiger partial charge in [-0.1, -0.05) is 13.2 Å². The van der Waals surface area contributed by atoms with Gasteiger partial charge >= 0.3 is 36.2 Å². The molecule has 0 atom stereocenters. The summed E-state index contributed by atoms with van der Waals surface area (Å²) in [6.07, 6.45) is 2.15. The van der Waals surface area contributed by atoms with Gasteiger partial charge in [-0.15, -0.1) is 24.3 Å². The Morgan fingerprint density at radius 1 is 0.510 bits per heavy atom. The van der Waals surface area contributed by atoms with E-state index in [1.165, 1.54) is 66.7 Å². The number of rotatable bonds is 18. The van der Waals surface area contributed by atoms with Gasteiger partial charge in [-0.05, 0) is 74.2 Å². The molecule has 0 heterocycles. The van der Waals surface area contributed by atoms with Gasteiger partial charge in [-0.2, -0.15) is 0 Å². The van der Waals surface area contributed by atoms with Crippen LogP contribution in [-0.2, 0) is 49.6 Å². The van der Waals surface area contributed by atoms with Crippen molar-refractivity contribution in [1.29, 1.82) is 0 Å². The summed E-state index contributed by atoms with van der Waals surface area (Å²) in [4.78, 5) is 70.7. The molecule has 0 aromatic heterocycles. The fourth-order valence-electron chi connectivity index (χ4n) is 3.60. The standard InChI is InChI=1S/C36H33O14.Mo/c1-3-31(37)43-21-5-7-23-45-35(41)49-29-13-9-25(10-14-29)33(39)47-27-17-19-28(20-18-27)48-34(40)26-11-15-30(16-12-26)50-36(42)46-24-8-6-22-44-32(38)4-2;/h3-4,9-19H,1-2,5-8,21-24H2;/q-1;. The molecule has 0 spiro atoms. The van der Waals surface area contributed by atoms with E-state index in [-0.39, 0.29) is 81.6 Å². The van der Waals surface area contributed by atoms with Gasteiger partial charge in [0.2, 0.25) is 0 Å². The van der Waals surface area contributed by atoms with Crippen LogP contribution >= 0.6 is 0 Å². The van der Waals surface area contributed by atoms with Crippen LogP contribution in [0, 0.1) is 6.07 Å². The number of esters is 4. The minimum Gasteiger partial charge on any atom is -0.487 e. The normalized spacial score (nSPS) is 9.88. The number of carbonyl (C=O) groups is 6. The summed E-state index contributed by atoms with van der Waals surface area (Å²) in [5.74, 6) is -2.00. The number of carbonyl (C=O) groups excluding carboxylic acids is 6. The molecule has 0 radical (unpaired) electrons. The van der Waals surface area contributed by atoms with Gasteiger partial charge in [0.25, 0.3) is 0 Å². The molecule has 0 unspecified atom stereocenters. The number of hydrogen-bond donors (Lipinski definition) is 0. The topological polar surface area (TPSA) is 176 Å². The van der Waals surface area contributed by atoms with Gasteiger partial charge in [0, 0.05) is 44.7 Å². The van der Waals surface area contributed by atoms with Crippen molar-refractivity contribution in [3.05, 3.63) is 109 Å². The molecule has 3 aromatic rings. The minimum atomic E-state index is -0.932. The summed E-state index contributed by atoms with van der Waals surface area (Å²) >= 11 is 0. The molecule has 0 bridgehead atoms. The maximum atomic E-state index is 12.6. The molecule has 3 aromatic carbocycles. The van der Waals surface area contributed by atoms with Crippen LogP contribution in [0.3, 0.4) is 0 Å². The molecule has 0 aliphatic carbocycles. The molecule has 0 fully saturated rings. The van der Waals surface area contributed by atoms with Gasteiger partial charge in [0.1, 0.15) is 11.5 Å². The van der Waals surface area contributed by atoms with Crippen molar-refractivity contribution in [3.63, 3.8) is 0 Å². The van der Waals surface area contributed by atoms with Crippen LogP contribution in [0.25, 0.3) is 0 Å². The second-order valence-electron chi connectivity index (χ2n) is 9.77. The van der Waals surface area contributed by atoms with Gasteiger partial charge in [0.05, 0.1) is 37.6 Å². The first-order valence-electron chi connectivity index (χ1n) is 15.1. The van der Waals surface area contributed by atoms with E-state index in [1.807, 2.05) is 0 Å². The van der Waals surface area contributed by atoms with E-state index >= 15 is 0 Å². The monoisotopic (exact) mass is 787 g/mol. The largest absolute Gasteiger partial charge is 0.513 e. The zero-order valence-corrected chi connectivity index (χ0v) is 29.2. The Balaban J connectivity index is 0.00000901. The van der Waals surface area contributed by atoms with Crippen molar-refractivity contribution in [1.82, 2.24) is 0 Å². The molecule has 0 saturated carbocycles. The molecule has 0 N–H and O–H groups in total. The van der Waals surface area contributed by atoms with E-state index in [0.717, 1.165) is 12.2 Å². The van der Waals surface area contributed by atoms with Crippen LogP contribution in [0.4, 0.5) is 9.59 Å². The van der Waals surface area contributed by atoms with Gasteiger partial charge in [-0.25, -0.2) is 28.8 Å². The second-order valence-corrected chi connectivity index (χ2v) is 9.77. The van der Waals surface area contributed by atoms with Gasteiger partial charge in [0.15, 0.2) is 0 Å². The maximum absolute atomic E-state index is 12.6. The predicted molar refractivity (Wildman–Crippen MR) is 173 cm³/mol. The Bertz CT molecular complexity index is 1510. The Kier molecular flexibility index (Phi) is 18.5. The molecule has 268 valence electrons. The van der Waals surface area contributed by atoms with Crippen LogP contribution in [0.5, 0.6) is 23.0 Å². The number of unbranched alkanes of at least 4 members (excludes halogenated alkanes) is 2. The summed E-state index contributed by atoms with van der Waals surface area (Å²) in [5, 5.41) is 0. The number of ether oxygens (including phenoxy) is 8. The zero-order valence-electron chi connectivity index (χ0n) is 27.2. The molecule has 3 rings (SSSR count). The molecule has 0 amide bonds. The molecular weight excluding hydrogens is 752 g/mol. The molecule has 0 saturated heterocycles. The number of hydrogen-bond acceptors (Lipinski definition) is 14. The third-order valence-electron chi connectivity index (χ3n) is 6.09. The van der Waals surface area contributed by atoms with Crippen molar-refractivity contribution < 1.29 is 87.7 Å². The quantitative estimate of drug-likeness (QED) is 0.0215. The van der Waals surface area contributed by atoms with E-state index in [1.54, 1.807) is 0 Å². The predicted octanol–water partition coefficient (Wildman–Crippen LogP) is 5.97. The van der Waals surface area contributed by atoms with Crippen molar-refractivity contribution in [2.24, 2.45) is 0 Å².